The molecule has 0 aromatic heterocycles. The van der Waals surface area contributed by atoms with Crippen molar-refractivity contribution in [2.75, 3.05) is 13.1 Å². The molecule has 2 rings (SSSR count). The first-order chi connectivity index (χ1) is 11.8. The zero-order valence-corrected chi connectivity index (χ0v) is 14.6. The van der Waals surface area contributed by atoms with Gasteiger partial charge in [0.1, 0.15) is 0 Å². The number of hydrogen-bond donors (Lipinski definition) is 1. The van der Waals surface area contributed by atoms with Crippen LogP contribution >= 0.6 is 0 Å². The molecule has 25 heavy (non-hydrogen) atoms. The minimum absolute atomic E-state index is 0.0446. The minimum atomic E-state index is -0.789. The number of aliphatic hydroxyl groups excluding tert-OH is 1. The molecule has 132 valence electrons. The van der Waals surface area contributed by atoms with Crippen LogP contribution in [0.1, 0.15) is 40.1 Å². The lowest BCUT2D eigenvalue weighted by atomic mass is 10.0. The van der Waals surface area contributed by atoms with E-state index in [1.807, 2.05) is 38.1 Å². The Kier molecular flexibility index (Phi) is 5.88. The van der Waals surface area contributed by atoms with Crippen LogP contribution in [0.25, 0.3) is 0 Å². The van der Waals surface area contributed by atoms with E-state index in [9.17, 15) is 20.0 Å². The van der Waals surface area contributed by atoms with Crippen molar-refractivity contribution in [2.45, 2.75) is 26.9 Å². The number of carbonyl (C=O) groups is 1. The van der Waals surface area contributed by atoms with Gasteiger partial charge in [-0.25, -0.2) is 0 Å². The lowest BCUT2D eigenvalue weighted by Gasteiger charge is -2.25. The van der Waals surface area contributed by atoms with Gasteiger partial charge in [0.2, 0.25) is 0 Å². The van der Waals surface area contributed by atoms with Gasteiger partial charge in [0, 0.05) is 24.2 Å². The second-order valence-electron chi connectivity index (χ2n) is 6.03. The molecule has 0 bridgehead atoms. The first-order valence-electron chi connectivity index (χ1n) is 8.12. The number of amides is 1. The van der Waals surface area contributed by atoms with Gasteiger partial charge in [0.25, 0.3) is 11.6 Å². The van der Waals surface area contributed by atoms with Crippen LogP contribution in [0.4, 0.5) is 5.69 Å². The van der Waals surface area contributed by atoms with Gasteiger partial charge in [-0.3, -0.25) is 14.9 Å². The highest BCUT2D eigenvalue weighted by Gasteiger charge is 2.21. The molecule has 6 heteroatoms. The predicted molar refractivity (Wildman–Crippen MR) is 95.5 cm³/mol. The second kappa shape index (κ2) is 7.90. The summed E-state index contributed by atoms with van der Waals surface area (Å²) in [7, 11) is 0. The Balaban J connectivity index is 2.18. The average Bonchev–Trinajstić information content (AvgIpc) is 2.59. The standard InChI is InChI=1S/C19H22N2O4/c1-4-20(12-18(22)15-7-5-13(2)6-8-15)19(23)17-10-9-16(21(24)25)11-14(17)3/h5-11,18,22H,4,12H2,1-3H3. The molecule has 0 fully saturated rings. The van der Waals surface area contributed by atoms with E-state index in [-0.39, 0.29) is 18.1 Å². The lowest BCUT2D eigenvalue weighted by molar-refractivity contribution is -0.384. The summed E-state index contributed by atoms with van der Waals surface area (Å²) in [6, 6.07) is 11.7. The van der Waals surface area contributed by atoms with Crippen molar-refractivity contribution in [1.82, 2.24) is 4.90 Å². The molecule has 0 spiro atoms. The summed E-state index contributed by atoms with van der Waals surface area (Å²) in [5, 5.41) is 21.2. The lowest BCUT2D eigenvalue weighted by Crippen LogP contribution is -2.35. The fourth-order valence-electron chi connectivity index (χ4n) is 2.63. The van der Waals surface area contributed by atoms with Crippen molar-refractivity contribution in [2.24, 2.45) is 0 Å². The number of aliphatic hydroxyl groups is 1. The largest absolute Gasteiger partial charge is 0.387 e. The topological polar surface area (TPSA) is 83.7 Å². The molecule has 1 unspecified atom stereocenters. The maximum Gasteiger partial charge on any atom is 0.269 e. The predicted octanol–water partition coefficient (Wildman–Crippen LogP) is 3.41. The molecule has 0 aliphatic carbocycles. The highest BCUT2D eigenvalue weighted by Crippen LogP contribution is 2.21. The highest BCUT2D eigenvalue weighted by molar-refractivity contribution is 5.96. The van der Waals surface area contributed by atoms with Crippen LogP contribution < -0.4 is 0 Å². The highest BCUT2D eigenvalue weighted by atomic mass is 16.6. The van der Waals surface area contributed by atoms with Gasteiger partial charge in [-0.05, 0) is 38.0 Å². The van der Waals surface area contributed by atoms with Gasteiger partial charge in [-0.2, -0.15) is 0 Å². The number of benzene rings is 2. The van der Waals surface area contributed by atoms with E-state index in [0.29, 0.717) is 17.7 Å². The molecule has 0 saturated heterocycles. The van der Waals surface area contributed by atoms with E-state index in [1.54, 1.807) is 11.8 Å². The summed E-state index contributed by atoms with van der Waals surface area (Å²) in [5.41, 5.74) is 2.75. The Bertz CT molecular complexity index is 771. The van der Waals surface area contributed by atoms with Crippen molar-refractivity contribution in [1.29, 1.82) is 0 Å². The van der Waals surface area contributed by atoms with Crippen LogP contribution in [0, 0.1) is 24.0 Å². The summed E-state index contributed by atoms with van der Waals surface area (Å²) < 4.78 is 0. The summed E-state index contributed by atoms with van der Waals surface area (Å²) in [6.07, 6.45) is -0.789. The molecule has 1 amide bonds. The Hall–Kier alpha value is -2.73. The summed E-state index contributed by atoms with van der Waals surface area (Å²) in [6.45, 7) is 6.06. The van der Waals surface area contributed by atoms with E-state index in [2.05, 4.69) is 0 Å². The van der Waals surface area contributed by atoms with Crippen LogP contribution in [-0.4, -0.2) is 33.9 Å². The molecular weight excluding hydrogens is 320 g/mol. The van der Waals surface area contributed by atoms with Crippen molar-refractivity contribution in [3.63, 3.8) is 0 Å². The number of nitrogens with zero attached hydrogens (tertiary/aromatic N) is 2. The zero-order chi connectivity index (χ0) is 18.6. The fourth-order valence-corrected chi connectivity index (χ4v) is 2.63. The maximum atomic E-state index is 12.7. The van der Waals surface area contributed by atoms with Gasteiger partial charge >= 0.3 is 0 Å². The Labute approximate surface area is 146 Å². The number of nitro benzene ring substituents is 1. The number of nitro groups is 1. The maximum absolute atomic E-state index is 12.7. The molecular formula is C19H22N2O4. The number of rotatable bonds is 6. The summed E-state index contributed by atoms with van der Waals surface area (Å²) in [5.74, 6) is -0.249. The Morgan fingerprint density at radius 1 is 1.20 bits per heavy atom. The van der Waals surface area contributed by atoms with E-state index < -0.39 is 11.0 Å². The van der Waals surface area contributed by atoms with Crippen molar-refractivity contribution in [3.05, 3.63) is 74.8 Å². The molecule has 0 radical (unpaired) electrons. The number of carbonyl (C=O) groups excluding carboxylic acids is 1. The van der Waals surface area contributed by atoms with Gasteiger partial charge in [-0.15, -0.1) is 0 Å². The van der Waals surface area contributed by atoms with Crippen molar-refractivity contribution in [3.8, 4) is 0 Å². The molecule has 6 nitrogen and oxygen atoms in total. The SMILES string of the molecule is CCN(CC(O)c1ccc(C)cc1)C(=O)c1ccc([N+](=O)[O-])cc1C. The van der Waals surface area contributed by atoms with Gasteiger partial charge in [-0.1, -0.05) is 29.8 Å². The third-order valence-electron chi connectivity index (χ3n) is 4.18. The number of non-ortho nitro benzene ring substituents is 1. The second-order valence-corrected chi connectivity index (χ2v) is 6.03. The minimum Gasteiger partial charge on any atom is -0.387 e. The molecule has 0 saturated carbocycles. The molecule has 0 aliphatic rings. The summed E-state index contributed by atoms with van der Waals surface area (Å²) >= 11 is 0. The monoisotopic (exact) mass is 342 g/mol. The van der Waals surface area contributed by atoms with E-state index in [4.69, 9.17) is 0 Å². The first kappa shape index (κ1) is 18.6. The number of likely N-dealkylation sites (N-methyl/N-ethyl adjacent to an activating group) is 1. The number of hydrogen-bond acceptors (Lipinski definition) is 4. The Morgan fingerprint density at radius 3 is 2.36 bits per heavy atom. The molecule has 2 aromatic carbocycles. The Morgan fingerprint density at radius 2 is 1.84 bits per heavy atom. The molecule has 1 atom stereocenters. The van der Waals surface area contributed by atoms with Crippen LogP contribution in [0.2, 0.25) is 0 Å². The quantitative estimate of drug-likeness (QED) is 0.644. The van der Waals surface area contributed by atoms with Gasteiger partial charge in [0.05, 0.1) is 17.6 Å². The molecule has 0 heterocycles. The molecule has 2 aromatic rings. The van der Waals surface area contributed by atoms with Gasteiger partial charge in [0.15, 0.2) is 0 Å². The fraction of sp³-hybridized carbons (Fsp3) is 0.316. The molecule has 0 aliphatic heterocycles. The van der Waals surface area contributed by atoms with E-state index >= 15 is 0 Å². The summed E-state index contributed by atoms with van der Waals surface area (Å²) in [4.78, 5) is 24.6. The third kappa shape index (κ3) is 4.42. The van der Waals surface area contributed by atoms with Crippen LogP contribution in [0.15, 0.2) is 42.5 Å². The van der Waals surface area contributed by atoms with Crippen LogP contribution in [-0.2, 0) is 0 Å². The number of aryl methyl sites for hydroxylation is 2. The third-order valence-corrected chi connectivity index (χ3v) is 4.18. The van der Waals surface area contributed by atoms with E-state index in [0.717, 1.165) is 11.1 Å². The first-order valence-corrected chi connectivity index (χ1v) is 8.12. The van der Waals surface area contributed by atoms with E-state index in [1.165, 1.54) is 18.2 Å². The van der Waals surface area contributed by atoms with Gasteiger partial charge < -0.3 is 10.0 Å². The van der Waals surface area contributed by atoms with Crippen molar-refractivity contribution >= 4 is 11.6 Å². The van der Waals surface area contributed by atoms with Crippen LogP contribution in [0.5, 0.6) is 0 Å². The van der Waals surface area contributed by atoms with Crippen LogP contribution in [0.3, 0.4) is 0 Å². The average molecular weight is 342 g/mol. The smallest absolute Gasteiger partial charge is 0.269 e. The van der Waals surface area contributed by atoms with Crippen molar-refractivity contribution < 1.29 is 14.8 Å². The molecule has 1 N–H and O–H groups in total. The normalized spacial score (nSPS) is 11.8. The zero-order valence-electron chi connectivity index (χ0n) is 14.6.